The first-order valence-electron chi connectivity index (χ1n) is 11.4. The maximum absolute atomic E-state index is 13.7. The third-order valence-corrected chi connectivity index (χ3v) is 7.37. The van der Waals surface area contributed by atoms with Crippen molar-refractivity contribution in [1.82, 2.24) is 4.90 Å². The van der Waals surface area contributed by atoms with Gasteiger partial charge in [0.25, 0.3) is 0 Å². The molecule has 162 valence electrons. The molecule has 0 bridgehead atoms. The summed E-state index contributed by atoms with van der Waals surface area (Å²) in [6.45, 7) is 5.74. The Labute approximate surface area is 186 Å². The van der Waals surface area contributed by atoms with E-state index in [1.54, 1.807) is 11.8 Å². The van der Waals surface area contributed by atoms with E-state index in [0.717, 1.165) is 42.9 Å². The number of carbonyl (C=O) groups excluding carboxylic acids is 1. The third kappa shape index (κ3) is 5.89. The zero-order valence-electron chi connectivity index (χ0n) is 18.2. The Hall–Kier alpha value is -1.78. The molecule has 1 aliphatic heterocycles. The number of thioether (sulfide) groups is 1. The second kappa shape index (κ2) is 12.2. The summed E-state index contributed by atoms with van der Waals surface area (Å²) in [6.07, 6.45) is 7.27. The molecule has 30 heavy (non-hydrogen) atoms. The van der Waals surface area contributed by atoms with E-state index in [9.17, 15) is 4.79 Å². The lowest BCUT2D eigenvalue weighted by atomic mass is 9.90. The van der Waals surface area contributed by atoms with Crippen molar-refractivity contribution in [2.45, 2.75) is 50.2 Å². The molecule has 0 atom stereocenters. The van der Waals surface area contributed by atoms with Crippen molar-refractivity contribution in [3.05, 3.63) is 71.8 Å². The average molecular weight is 426 g/mol. The summed E-state index contributed by atoms with van der Waals surface area (Å²) in [7, 11) is 0. The Kier molecular flexibility index (Phi) is 9.28. The number of esters is 1. The Morgan fingerprint density at radius 2 is 1.53 bits per heavy atom. The number of likely N-dealkylation sites (tertiary alicyclic amines) is 1. The highest BCUT2D eigenvalue weighted by Crippen LogP contribution is 2.44. The van der Waals surface area contributed by atoms with Gasteiger partial charge in [-0.05, 0) is 49.2 Å². The zero-order chi connectivity index (χ0) is 21.1. The van der Waals surface area contributed by atoms with E-state index < -0.39 is 4.75 Å². The minimum absolute atomic E-state index is 0.139. The average Bonchev–Trinajstić information content (AvgIpc) is 3.31. The van der Waals surface area contributed by atoms with Crippen LogP contribution in [0.25, 0.3) is 0 Å². The van der Waals surface area contributed by atoms with Crippen molar-refractivity contribution in [2.75, 3.05) is 32.0 Å². The van der Waals surface area contributed by atoms with Gasteiger partial charge in [-0.2, -0.15) is 0 Å². The van der Waals surface area contributed by atoms with E-state index in [2.05, 4.69) is 36.1 Å². The van der Waals surface area contributed by atoms with Crippen LogP contribution in [0.1, 0.15) is 56.6 Å². The number of unbranched alkanes of at least 4 members (excludes halogenated alkanes) is 3. The van der Waals surface area contributed by atoms with Gasteiger partial charge >= 0.3 is 5.97 Å². The molecule has 1 aliphatic rings. The Morgan fingerprint density at radius 1 is 0.933 bits per heavy atom. The molecule has 0 radical (unpaired) electrons. The van der Waals surface area contributed by atoms with E-state index in [1.165, 1.54) is 32.1 Å². The molecule has 3 rings (SSSR count). The molecular weight excluding hydrogens is 390 g/mol. The second-order valence-electron chi connectivity index (χ2n) is 8.01. The number of benzene rings is 2. The largest absolute Gasteiger partial charge is 0.463 e. The summed E-state index contributed by atoms with van der Waals surface area (Å²) < 4.78 is 5.14. The van der Waals surface area contributed by atoms with Crippen molar-refractivity contribution >= 4 is 17.7 Å². The van der Waals surface area contributed by atoms with Gasteiger partial charge < -0.3 is 4.74 Å². The van der Waals surface area contributed by atoms with Crippen molar-refractivity contribution < 1.29 is 9.53 Å². The molecule has 4 heteroatoms. The summed E-state index contributed by atoms with van der Waals surface area (Å²) >= 11 is 1.73. The lowest BCUT2D eigenvalue weighted by Crippen LogP contribution is -2.37. The lowest BCUT2D eigenvalue weighted by molar-refractivity contribution is -0.146. The minimum atomic E-state index is -0.820. The lowest BCUT2D eigenvalue weighted by Gasteiger charge is -2.32. The van der Waals surface area contributed by atoms with Crippen LogP contribution >= 0.6 is 11.8 Å². The zero-order valence-corrected chi connectivity index (χ0v) is 19.0. The molecule has 1 fully saturated rings. The molecule has 1 saturated heterocycles. The topological polar surface area (TPSA) is 29.5 Å². The van der Waals surface area contributed by atoms with E-state index in [4.69, 9.17) is 4.74 Å². The molecule has 0 N–H and O–H groups in total. The van der Waals surface area contributed by atoms with Crippen molar-refractivity contribution in [3.63, 3.8) is 0 Å². The van der Waals surface area contributed by atoms with Gasteiger partial charge in [0.15, 0.2) is 4.75 Å². The molecule has 0 aliphatic carbocycles. The first-order valence-corrected chi connectivity index (χ1v) is 12.4. The van der Waals surface area contributed by atoms with Gasteiger partial charge in [-0.25, -0.2) is 4.79 Å². The van der Waals surface area contributed by atoms with Gasteiger partial charge in [0.1, 0.15) is 6.61 Å². The van der Waals surface area contributed by atoms with Gasteiger partial charge in [0, 0.05) is 6.54 Å². The molecule has 0 saturated carbocycles. The maximum atomic E-state index is 13.7. The second-order valence-corrected chi connectivity index (χ2v) is 9.32. The molecule has 2 aromatic rings. The van der Waals surface area contributed by atoms with Gasteiger partial charge in [-0.1, -0.05) is 86.8 Å². The summed E-state index contributed by atoms with van der Waals surface area (Å²) in [6, 6.07) is 20.3. The molecule has 0 unspecified atom stereocenters. The molecule has 0 aromatic heterocycles. The number of nitrogens with zero attached hydrogens (tertiary/aromatic N) is 1. The van der Waals surface area contributed by atoms with Crippen LogP contribution < -0.4 is 0 Å². The fourth-order valence-electron chi connectivity index (χ4n) is 4.10. The van der Waals surface area contributed by atoms with Crippen LogP contribution in [0.2, 0.25) is 0 Å². The Morgan fingerprint density at radius 3 is 2.10 bits per heavy atom. The summed E-state index contributed by atoms with van der Waals surface area (Å²) in [4.78, 5) is 16.1. The van der Waals surface area contributed by atoms with Crippen molar-refractivity contribution in [1.29, 1.82) is 0 Å². The first kappa shape index (κ1) is 22.9. The predicted molar refractivity (Wildman–Crippen MR) is 127 cm³/mol. The standard InChI is InChI=1S/C26H35NO2S/c1-2-3-4-13-22-30-26(23-14-7-5-8-15-23,24-16-9-6-10-17-24)25(28)29-21-20-27-18-11-12-19-27/h5-10,14-17H,2-4,11-13,18-22H2,1H3. The highest BCUT2D eigenvalue weighted by Gasteiger charge is 2.44. The van der Waals surface area contributed by atoms with E-state index >= 15 is 0 Å². The summed E-state index contributed by atoms with van der Waals surface area (Å²) in [5, 5.41) is 0. The normalized spacial score (nSPS) is 14.7. The smallest absolute Gasteiger partial charge is 0.331 e. The third-order valence-electron chi connectivity index (χ3n) is 5.80. The van der Waals surface area contributed by atoms with Gasteiger partial charge in [0.2, 0.25) is 0 Å². The molecule has 1 heterocycles. The minimum Gasteiger partial charge on any atom is -0.463 e. The molecule has 0 amide bonds. The summed E-state index contributed by atoms with van der Waals surface area (Å²) in [5.41, 5.74) is 2.01. The fourth-order valence-corrected chi connectivity index (χ4v) is 5.54. The van der Waals surface area contributed by atoms with Crippen LogP contribution in [0.5, 0.6) is 0 Å². The van der Waals surface area contributed by atoms with Gasteiger partial charge in [-0.3, -0.25) is 4.90 Å². The van der Waals surface area contributed by atoms with E-state index in [1.807, 2.05) is 36.4 Å². The highest BCUT2D eigenvalue weighted by atomic mass is 32.2. The number of ether oxygens (including phenoxy) is 1. The van der Waals surface area contributed by atoms with E-state index in [-0.39, 0.29) is 5.97 Å². The Balaban J connectivity index is 1.83. The molecule has 3 nitrogen and oxygen atoms in total. The summed E-state index contributed by atoms with van der Waals surface area (Å²) in [5.74, 6) is 0.796. The molecule has 0 spiro atoms. The van der Waals surface area contributed by atoms with Crippen LogP contribution in [-0.4, -0.2) is 42.9 Å². The first-order chi connectivity index (χ1) is 14.8. The number of carbonyl (C=O) groups is 1. The van der Waals surface area contributed by atoms with E-state index in [0.29, 0.717) is 6.61 Å². The van der Waals surface area contributed by atoms with Gasteiger partial charge in [0.05, 0.1) is 0 Å². The number of rotatable bonds is 12. The van der Waals surface area contributed by atoms with Crippen LogP contribution in [0.4, 0.5) is 0 Å². The predicted octanol–water partition coefficient (Wildman–Crippen LogP) is 5.88. The SMILES string of the molecule is CCCCCCSC(C(=O)OCCN1CCCC1)(c1ccccc1)c1ccccc1. The number of hydrogen-bond donors (Lipinski definition) is 0. The highest BCUT2D eigenvalue weighted by molar-refractivity contribution is 8.01. The molecular formula is C26H35NO2S. The number of hydrogen-bond acceptors (Lipinski definition) is 4. The van der Waals surface area contributed by atoms with Crippen LogP contribution in [0.15, 0.2) is 60.7 Å². The maximum Gasteiger partial charge on any atom is 0.331 e. The fraction of sp³-hybridized carbons (Fsp3) is 0.500. The van der Waals surface area contributed by atoms with Crippen LogP contribution in [0, 0.1) is 0 Å². The van der Waals surface area contributed by atoms with Crippen molar-refractivity contribution in [2.24, 2.45) is 0 Å². The quantitative estimate of drug-likeness (QED) is 0.314. The Bertz CT molecular complexity index is 705. The molecule has 2 aromatic carbocycles. The monoisotopic (exact) mass is 425 g/mol. The van der Waals surface area contributed by atoms with Crippen LogP contribution in [-0.2, 0) is 14.3 Å². The van der Waals surface area contributed by atoms with Crippen molar-refractivity contribution in [3.8, 4) is 0 Å². The van der Waals surface area contributed by atoms with Gasteiger partial charge in [-0.15, -0.1) is 11.8 Å². The van der Waals surface area contributed by atoms with Crippen LogP contribution in [0.3, 0.4) is 0 Å².